The summed E-state index contributed by atoms with van der Waals surface area (Å²) in [5.74, 6) is 0. The zero-order chi connectivity index (χ0) is 13.1. The number of hydrogen-bond acceptors (Lipinski definition) is 3. The molecule has 3 heteroatoms. The van der Waals surface area contributed by atoms with E-state index < -0.39 is 0 Å². The molecule has 0 unspecified atom stereocenters. The van der Waals surface area contributed by atoms with Gasteiger partial charge in [-0.3, -0.25) is 4.98 Å². The lowest BCUT2D eigenvalue weighted by Gasteiger charge is -2.08. The first-order valence-electron chi connectivity index (χ1n) is 5.97. The van der Waals surface area contributed by atoms with E-state index in [2.05, 4.69) is 40.6 Å². The van der Waals surface area contributed by atoms with Crippen LogP contribution in [0.25, 0.3) is 10.8 Å². The molecule has 3 aromatic rings. The van der Waals surface area contributed by atoms with Gasteiger partial charge < -0.3 is 5.32 Å². The summed E-state index contributed by atoms with van der Waals surface area (Å²) in [5.41, 5.74) is 2.26. The molecule has 0 aliphatic rings. The van der Waals surface area contributed by atoms with Crippen LogP contribution in [-0.2, 0) is 0 Å². The minimum atomic E-state index is 0.586. The monoisotopic (exact) mass is 245 g/mol. The largest absolute Gasteiger partial charge is 0.353 e. The molecule has 3 nitrogen and oxygen atoms in total. The lowest BCUT2D eigenvalue weighted by molar-refractivity contribution is 1.30. The first-order valence-corrected chi connectivity index (χ1v) is 5.97. The van der Waals surface area contributed by atoms with E-state index in [4.69, 9.17) is 5.26 Å². The number of nitrogens with one attached hydrogen (secondary N) is 1. The highest BCUT2D eigenvalue weighted by Gasteiger charge is 2.02. The maximum Gasteiger partial charge on any atom is 0.101 e. The van der Waals surface area contributed by atoms with Crippen molar-refractivity contribution in [3.05, 3.63) is 66.5 Å². The van der Waals surface area contributed by atoms with E-state index in [0.717, 1.165) is 16.8 Å². The molecule has 1 aromatic heterocycles. The van der Waals surface area contributed by atoms with E-state index in [0.29, 0.717) is 5.56 Å². The minimum absolute atomic E-state index is 0.586. The molecule has 3 rings (SSSR count). The third kappa shape index (κ3) is 2.24. The Balaban J connectivity index is 1.99. The minimum Gasteiger partial charge on any atom is -0.353 e. The fraction of sp³-hybridized carbons (Fsp3) is 0. The van der Waals surface area contributed by atoms with Gasteiger partial charge in [0.25, 0.3) is 0 Å². The third-order valence-electron chi connectivity index (χ3n) is 2.97. The quantitative estimate of drug-likeness (QED) is 0.746. The van der Waals surface area contributed by atoms with E-state index in [1.807, 2.05) is 18.2 Å². The smallest absolute Gasteiger partial charge is 0.101 e. The number of aromatic nitrogens is 1. The molecule has 0 bridgehead atoms. The molecular weight excluding hydrogens is 234 g/mol. The first kappa shape index (κ1) is 11.2. The summed E-state index contributed by atoms with van der Waals surface area (Å²) >= 11 is 0. The van der Waals surface area contributed by atoms with E-state index in [1.54, 1.807) is 18.5 Å². The summed E-state index contributed by atoms with van der Waals surface area (Å²) in [6, 6.07) is 18.1. The molecule has 2 aromatic carbocycles. The van der Waals surface area contributed by atoms with Crippen LogP contribution in [0.15, 0.2) is 60.9 Å². The van der Waals surface area contributed by atoms with Gasteiger partial charge in [0.15, 0.2) is 0 Å². The number of fused-ring (bicyclic) bond motifs is 1. The van der Waals surface area contributed by atoms with Crippen LogP contribution in [0.2, 0.25) is 0 Å². The summed E-state index contributed by atoms with van der Waals surface area (Å²) in [7, 11) is 0. The SMILES string of the molecule is N#Cc1ccncc1Nc1ccc2ccccc2c1. The number of anilines is 2. The average Bonchev–Trinajstić information content (AvgIpc) is 2.48. The summed E-state index contributed by atoms with van der Waals surface area (Å²) < 4.78 is 0. The zero-order valence-corrected chi connectivity index (χ0v) is 10.2. The van der Waals surface area contributed by atoms with E-state index in [9.17, 15) is 0 Å². The molecule has 0 atom stereocenters. The Bertz CT molecular complexity index is 772. The Hall–Kier alpha value is -2.86. The molecule has 0 spiro atoms. The Kier molecular flexibility index (Phi) is 2.83. The number of nitriles is 1. The van der Waals surface area contributed by atoms with Gasteiger partial charge in [-0.1, -0.05) is 30.3 Å². The van der Waals surface area contributed by atoms with Crippen molar-refractivity contribution >= 4 is 22.1 Å². The molecule has 0 radical (unpaired) electrons. The second-order valence-electron chi connectivity index (χ2n) is 4.22. The molecule has 1 heterocycles. The Morgan fingerprint density at radius 1 is 1.00 bits per heavy atom. The van der Waals surface area contributed by atoms with Crippen LogP contribution >= 0.6 is 0 Å². The van der Waals surface area contributed by atoms with E-state index in [1.165, 1.54) is 5.39 Å². The molecule has 0 aliphatic heterocycles. The van der Waals surface area contributed by atoms with Crippen molar-refractivity contribution in [3.8, 4) is 6.07 Å². The van der Waals surface area contributed by atoms with Crippen molar-refractivity contribution in [3.63, 3.8) is 0 Å². The highest BCUT2D eigenvalue weighted by molar-refractivity contribution is 5.86. The van der Waals surface area contributed by atoms with Crippen molar-refractivity contribution in [2.45, 2.75) is 0 Å². The maximum atomic E-state index is 9.05. The van der Waals surface area contributed by atoms with Crippen LogP contribution < -0.4 is 5.32 Å². The van der Waals surface area contributed by atoms with Gasteiger partial charge in [0, 0.05) is 11.9 Å². The first-order chi connectivity index (χ1) is 9.36. The number of rotatable bonds is 2. The summed E-state index contributed by atoms with van der Waals surface area (Å²) in [6.07, 6.45) is 3.28. The van der Waals surface area contributed by atoms with Gasteiger partial charge in [0.2, 0.25) is 0 Å². The molecule has 0 saturated carbocycles. The molecule has 0 aliphatic carbocycles. The summed E-state index contributed by atoms with van der Waals surface area (Å²) in [6.45, 7) is 0. The molecular formula is C16H11N3. The normalized spacial score (nSPS) is 10.1. The lowest BCUT2D eigenvalue weighted by Crippen LogP contribution is -1.94. The van der Waals surface area contributed by atoms with Crippen LogP contribution in [0.1, 0.15) is 5.56 Å². The standard InChI is InChI=1S/C16H11N3/c17-10-14-7-8-18-11-16(14)19-15-6-5-12-3-1-2-4-13(12)9-15/h1-9,11,19H. The van der Waals surface area contributed by atoms with Crippen molar-refractivity contribution in [2.24, 2.45) is 0 Å². The summed E-state index contributed by atoms with van der Waals surface area (Å²) in [5, 5.41) is 14.6. The lowest BCUT2D eigenvalue weighted by atomic mass is 10.1. The van der Waals surface area contributed by atoms with Crippen molar-refractivity contribution in [2.75, 3.05) is 5.32 Å². The molecule has 0 saturated heterocycles. The van der Waals surface area contributed by atoms with Crippen molar-refractivity contribution in [1.29, 1.82) is 5.26 Å². The summed E-state index contributed by atoms with van der Waals surface area (Å²) in [4.78, 5) is 4.04. The van der Waals surface area contributed by atoms with Crippen LogP contribution in [0.5, 0.6) is 0 Å². The van der Waals surface area contributed by atoms with Crippen molar-refractivity contribution < 1.29 is 0 Å². The van der Waals surface area contributed by atoms with Gasteiger partial charge in [-0.15, -0.1) is 0 Å². The second-order valence-corrected chi connectivity index (χ2v) is 4.22. The van der Waals surface area contributed by atoms with E-state index in [-0.39, 0.29) is 0 Å². The molecule has 1 N–H and O–H groups in total. The van der Waals surface area contributed by atoms with Crippen LogP contribution in [0.3, 0.4) is 0 Å². The Labute approximate surface area is 111 Å². The molecule has 0 fully saturated rings. The molecule has 90 valence electrons. The van der Waals surface area contributed by atoms with Gasteiger partial charge in [0.1, 0.15) is 6.07 Å². The third-order valence-corrected chi connectivity index (χ3v) is 2.97. The molecule has 19 heavy (non-hydrogen) atoms. The molecule has 0 amide bonds. The fourth-order valence-electron chi connectivity index (χ4n) is 2.01. The highest BCUT2D eigenvalue weighted by atomic mass is 14.9. The van der Waals surface area contributed by atoms with Gasteiger partial charge >= 0.3 is 0 Å². The van der Waals surface area contributed by atoms with E-state index >= 15 is 0 Å². The topological polar surface area (TPSA) is 48.7 Å². The predicted molar refractivity (Wildman–Crippen MR) is 76.2 cm³/mol. The van der Waals surface area contributed by atoms with Gasteiger partial charge in [-0.05, 0) is 29.0 Å². The number of pyridine rings is 1. The Morgan fingerprint density at radius 2 is 1.84 bits per heavy atom. The van der Waals surface area contributed by atoms with Gasteiger partial charge in [-0.25, -0.2) is 0 Å². The number of hydrogen-bond donors (Lipinski definition) is 1. The number of nitrogens with zero attached hydrogens (tertiary/aromatic N) is 2. The average molecular weight is 245 g/mol. The fourth-order valence-corrected chi connectivity index (χ4v) is 2.01. The van der Waals surface area contributed by atoms with Gasteiger partial charge in [0.05, 0.1) is 17.4 Å². The van der Waals surface area contributed by atoms with Crippen LogP contribution in [0, 0.1) is 11.3 Å². The zero-order valence-electron chi connectivity index (χ0n) is 10.2. The predicted octanol–water partition coefficient (Wildman–Crippen LogP) is 3.85. The van der Waals surface area contributed by atoms with Crippen molar-refractivity contribution in [1.82, 2.24) is 4.98 Å². The van der Waals surface area contributed by atoms with Gasteiger partial charge in [-0.2, -0.15) is 5.26 Å². The van der Waals surface area contributed by atoms with Crippen LogP contribution in [0.4, 0.5) is 11.4 Å². The second kappa shape index (κ2) is 4.79. The maximum absolute atomic E-state index is 9.05. The highest BCUT2D eigenvalue weighted by Crippen LogP contribution is 2.23. The van der Waals surface area contributed by atoms with Crippen LogP contribution in [-0.4, -0.2) is 4.98 Å². The number of benzene rings is 2. The Morgan fingerprint density at radius 3 is 2.68 bits per heavy atom.